The summed E-state index contributed by atoms with van der Waals surface area (Å²) in [5.74, 6) is 1.52. The van der Waals surface area contributed by atoms with Gasteiger partial charge in [0.15, 0.2) is 0 Å². The lowest BCUT2D eigenvalue weighted by atomic mass is 10.3. The molecule has 0 fully saturated rings. The number of carbonyl (C=O) groups excluding carboxylic acids is 1. The van der Waals surface area contributed by atoms with Crippen molar-refractivity contribution in [1.82, 2.24) is 14.5 Å². The highest BCUT2D eigenvalue weighted by molar-refractivity contribution is 7.09. The van der Waals surface area contributed by atoms with Crippen molar-refractivity contribution < 1.29 is 9.53 Å². The van der Waals surface area contributed by atoms with Crippen LogP contribution in [0.4, 0.5) is 0 Å². The Bertz CT molecular complexity index is 1120. The molecule has 5 nitrogen and oxygen atoms in total. The zero-order chi connectivity index (χ0) is 20.8. The number of hydrogen-bond donors (Lipinski definition) is 0. The van der Waals surface area contributed by atoms with Gasteiger partial charge in [0.25, 0.3) is 0 Å². The lowest BCUT2D eigenvalue weighted by Crippen LogP contribution is -2.33. The third-order valence-electron chi connectivity index (χ3n) is 4.77. The molecule has 4 rings (SSSR count). The van der Waals surface area contributed by atoms with E-state index in [1.165, 1.54) is 0 Å². The molecule has 2 aromatic carbocycles. The van der Waals surface area contributed by atoms with E-state index in [2.05, 4.69) is 6.58 Å². The van der Waals surface area contributed by atoms with Gasteiger partial charge in [-0.25, -0.2) is 4.98 Å². The number of rotatable bonds is 9. The zero-order valence-corrected chi connectivity index (χ0v) is 17.4. The molecule has 0 N–H and O–H groups in total. The largest absolute Gasteiger partial charge is 0.486 e. The van der Waals surface area contributed by atoms with Crippen LogP contribution >= 0.6 is 11.3 Å². The van der Waals surface area contributed by atoms with Gasteiger partial charge in [0.05, 0.1) is 17.6 Å². The molecule has 2 heterocycles. The van der Waals surface area contributed by atoms with E-state index in [-0.39, 0.29) is 12.5 Å². The summed E-state index contributed by atoms with van der Waals surface area (Å²) in [4.78, 5) is 20.9. The number of aromatic nitrogens is 2. The lowest BCUT2D eigenvalue weighted by Gasteiger charge is -2.21. The van der Waals surface area contributed by atoms with Crippen LogP contribution in [0, 0.1) is 0 Å². The SMILES string of the molecule is C=CCN(Cc1cccs1)C(=O)Cn1c(COc2ccccc2)nc2ccccc21. The molecule has 30 heavy (non-hydrogen) atoms. The predicted molar refractivity (Wildman–Crippen MR) is 120 cm³/mol. The Labute approximate surface area is 179 Å². The van der Waals surface area contributed by atoms with Crippen molar-refractivity contribution in [2.45, 2.75) is 19.7 Å². The molecule has 1 amide bonds. The second-order valence-corrected chi connectivity index (χ2v) is 7.88. The van der Waals surface area contributed by atoms with E-state index in [1.807, 2.05) is 81.6 Å². The fourth-order valence-corrected chi connectivity index (χ4v) is 4.03. The highest BCUT2D eigenvalue weighted by Crippen LogP contribution is 2.19. The fraction of sp³-hybridized carbons (Fsp3) is 0.167. The molecule has 6 heteroatoms. The molecule has 0 spiro atoms. The van der Waals surface area contributed by atoms with E-state index >= 15 is 0 Å². The number of amides is 1. The first-order valence-corrected chi connectivity index (χ1v) is 10.7. The number of benzene rings is 2. The summed E-state index contributed by atoms with van der Waals surface area (Å²) < 4.78 is 7.86. The summed E-state index contributed by atoms with van der Waals surface area (Å²) in [6.07, 6.45) is 1.76. The first-order chi connectivity index (χ1) is 14.7. The van der Waals surface area contributed by atoms with Gasteiger partial charge in [-0.2, -0.15) is 0 Å². The van der Waals surface area contributed by atoms with E-state index < -0.39 is 0 Å². The summed E-state index contributed by atoms with van der Waals surface area (Å²) in [7, 11) is 0. The van der Waals surface area contributed by atoms with Crippen LogP contribution in [0.2, 0.25) is 0 Å². The molecule has 0 aliphatic rings. The van der Waals surface area contributed by atoms with Gasteiger partial charge in [-0.05, 0) is 35.7 Å². The van der Waals surface area contributed by atoms with Crippen LogP contribution < -0.4 is 4.74 Å². The van der Waals surface area contributed by atoms with E-state index in [0.29, 0.717) is 19.7 Å². The Kier molecular flexibility index (Phi) is 6.25. The van der Waals surface area contributed by atoms with E-state index in [0.717, 1.165) is 27.5 Å². The minimum Gasteiger partial charge on any atom is -0.486 e. The van der Waals surface area contributed by atoms with Gasteiger partial charge in [-0.3, -0.25) is 4.79 Å². The molecule has 152 valence electrons. The molecule has 0 aliphatic carbocycles. The van der Waals surface area contributed by atoms with Gasteiger partial charge in [0.2, 0.25) is 5.91 Å². The summed E-state index contributed by atoms with van der Waals surface area (Å²) in [6, 6.07) is 21.5. The fourth-order valence-electron chi connectivity index (χ4n) is 3.31. The van der Waals surface area contributed by atoms with E-state index in [1.54, 1.807) is 17.4 Å². The van der Waals surface area contributed by atoms with E-state index in [4.69, 9.17) is 9.72 Å². The van der Waals surface area contributed by atoms with Gasteiger partial charge in [-0.1, -0.05) is 42.5 Å². The van der Waals surface area contributed by atoms with Gasteiger partial charge in [0.1, 0.15) is 24.7 Å². The van der Waals surface area contributed by atoms with Crippen LogP contribution in [-0.4, -0.2) is 26.9 Å². The molecule has 0 unspecified atom stereocenters. The molecule has 4 aromatic rings. The lowest BCUT2D eigenvalue weighted by molar-refractivity contribution is -0.131. The maximum absolute atomic E-state index is 13.2. The first kappa shape index (κ1) is 19.9. The number of fused-ring (bicyclic) bond motifs is 1. The third-order valence-corrected chi connectivity index (χ3v) is 5.63. The maximum Gasteiger partial charge on any atom is 0.243 e. The van der Waals surface area contributed by atoms with Crippen LogP contribution in [0.5, 0.6) is 5.75 Å². The van der Waals surface area contributed by atoms with E-state index in [9.17, 15) is 4.79 Å². The third kappa shape index (κ3) is 4.60. The summed E-state index contributed by atoms with van der Waals surface area (Å²) >= 11 is 1.65. The molecular formula is C24H23N3O2S. The topological polar surface area (TPSA) is 47.4 Å². The maximum atomic E-state index is 13.2. The van der Waals surface area contributed by atoms with Crippen LogP contribution in [0.15, 0.2) is 84.8 Å². The summed E-state index contributed by atoms with van der Waals surface area (Å²) in [6.45, 7) is 5.38. The number of para-hydroxylation sites is 3. The summed E-state index contributed by atoms with van der Waals surface area (Å²) in [5, 5.41) is 2.02. The average Bonchev–Trinajstić information content (AvgIpc) is 3.41. The minimum atomic E-state index is 0.0208. The number of carbonyl (C=O) groups is 1. The molecule has 0 saturated heterocycles. The molecule has 0 radical (unpaired) electrons. The first-order valence-electron chi connectivity index (χ1n) is 9.77. The average molecular weight is 418 g/mol. The molecule has 0 bridgehead atoms. The van der Waals surface area contributed by atoms with Crippen molar-refractivity contribution in [3.63, 3.8) is 0 Å². The summed E-state index contributed by atoms with van der Waals surface area (Å²) in [5.41, 5.74) is 1.78. The standard InChI is InChI=1S/C24H23N3O2S/c1-2-14-26(16-20-11-8-15-30-20)24(28)17-27-22-13-7-6-12-21(22)25-23(27)18-29-19-9-4-3-5-10-19/h2-13,15H,1,14,16-18H2. The van der Waals surface area contributed by atoms with Gasteiger partial charge >= 0.3 is 0 Å². The van der Waals surface area contributed by atoms with Crippen molar-refractivity contribution in [1.29, 1.82) is 0 Å². The Morgan fingerprint density at radius 1 is 1.10 bits per heavy atom. The number of nitrogens with zero attached hydrogens (tertiary/aromatic N) is 3. The Balaban J connectivity index is 1.58. The monoisotopic (exact) mass is 417 g/mol. The van der Waals surface area contributed by atoms with Gasteiger partial charge in [-0.15, -0.1) is 17.9 Å². The Hall–Kier alpha value is -3.38. The number of imidazole rings is 1. The van der Waals surface area contributed by atoms with Crippen molar-refractivity contribution in [2.75, 3.05) is 6.54 Å². The zero-order valence-electron chi connectivity index (χ0n) is 16.6. The highest BCUT2D eigenvalue weighted by Gasteiger charge is 2.18. The van der Waals surface area contributed by atoms with Gasteiger partial charge in [0, 0.05) is 11.4 Å². The smallest absolute Gasteiger partial charge is 0.243 e. The van der Waals surface area contributed by atoms with Crippen molar-refractivity contribution >= 4 is 28.3 Å². The highest BCUT2D eigenvalue weighted by atomic mass is 32.1. The van der Waals surface area contributed by atoms with Crippen LogP contribution in [0.3, 0.4) is 0 Å². The second-order valence-electron chi connectivity index (χ2n) is 6.85. The Morgan fingerprint density at radius 3 is 2.67 bits per heavy atom. The predicted octanol–water partition coefficient (Wildman–Crippen LogP) is 4.89. The number of ether oxygens (including phenoxy) is 1. The van der Waals surface area contributed by atoms with Crippen LogP contribution in [-0.2, 0) is 24.5 Å². The molecule has 0 atom stereocenters. The minimum absolute atomic E-state index is 0.0208. The molecule has 0 saturated carbocycles. The number of thiophene rings is 1. The van der Waals surface area contributed by atoms with Crippen LogP contribution in [0.25, 0.3) is 11.0 Å². The number of hydrogen-bond acceptors (Lipinski definition) is 4. The van der Waals surface area contributed by atoms with Crippen molar-refractivity contribution in [3.8, 4) is 5.75 Å². The van der Waals surface area contributed by atoms with Crippen molar-refractivity contribution in [2.24, 2.45) is 0 Å². The molecular weight excluding hydrogens is 394 g/mol. The van der Waals surface area contributed by atoms with Crippen LogP contribution in [0.1, 0.15) is 10.7 Å². The quantitative estimate of drug-likeness (QED) is 0.364. The van der Waals surface area contributed by atoms with Crippen molar-refractivity contribution in [3.05, 3.63) is 95.5 Å². The second kappa shape index (κ2) is 9.41. The normalized spacial score (nSPS) is 10.8. The molecule has 0 aliphatic heterocycles. The molecule has 2 aromatic heterocycles. The Morgan fingerprint density at radius 2 is 1.90 bits per heavy atom. The van der Waals surface area contributed by atoms with Gasteiger partial charge < -0.3 is 14.2 Å².